The number of thiophene rings is 4. The minimum Gasteiger partial charge on any atom is -0.135 e. The lowest BCUT2D eigenvalue weighted by Crippen LogP contribution is -1.82. The minimum atomic E-state index is 1.25. The molecular weight excluding hydrogens is 633 g/mol. The molecule has 0 atom stereocenters. The van der Waals surface area contributed by atoms with Gasteiger partial charge in [0.25, 0.3) is 0 Å². The van der Waals surface area contributed by atoms with Gasteiger partial charge in [-0.2, -0.15) is 0 Å². The van der Waals surface area contributed by atoms with Crippen molar-refractivity contribution in [1.82, 2.24) is 0 Å². The standard InChI is InChI=1S/C42H22S4/c1-3-10-34-27(8-1)32-21-33-31-20-26(12-15-36(31)45-40(33)22-39(32)44-34)24-7-5-6-23(18-24)25-13-16-37-30(19-25)28-14-17-38-41(42(28)46-37)29-9-2-4-11-35(29)43-38/h1-22H. The molecule has 0 aliphatic heterocycles. The number of rotatable bonds is 2. The van der Waals surface area contributed by atoms with E-state index in [0.29, 0.717) is 0 Å². The van der Waals surface area contributed by atoms with Crippen molar-refractivity contribution in [3.05, 3.63) is 133 Å². The Balaban J connectivity index is 1.04. The number of hydrogen-bond donors (Lipinski definition) is 0. The van der Waals surface area contributed by atoms with Crippen LogP contribution in [0.1, 0.15) is 0 Å². The van der Waals surface area contributed by atoms with Gasteiger partial charge in [-0.05, 0) is 82.9 Å². The van der Waals surface area contributed by atoms with Crippen molar-refractivity contribution in [2.45, 2.75) is 0 Å². The first-order valence-corrected chi connectivity index (χ1v) is 18.7. The molecule has 7 aromatic carbocycles. The van der Waals surface area contributed by atoms with E-state index in [2.05, 4.69) is 133 Å². The van der Waals surface area contributed by atoms with E-state index in [0.717, 1.165) is 0 Å². The van der Waals surface area contributed by atoms with Crippen LogP contribution in [0.3, 0.4) is 0 Å². The first kappa shape index (κ1) is 25.6. The third kappa shape index (κ3) is 3.64. The Morgan fingerprint density at radius 3 is 1.54 bits per heavy atom. The highest BCUT2D eigenvalue weighted by Gasteiger charge is 2.15. The Morgan fingerprint density at radius 2 is 0.783 bits per heavy atom. The summed E-state index contributed by atoms with van der Waals surface area (Å²) < 4.78 is 10.9. The maximum atomic E-state index is 2.43. The molecule has 0 nitrogen and oxygen atoms in total. The highest BCUT2D eigenvalue weighted by Crippen LogP contribution is 2.46. The van der Waals surface area contributed by atoms with Gasteiger partial charge in [0.1, 0.15) is 0 Å². The molecule has 4 heteroatoms. The zero-order valence-electron chi connectivity index (χ0n) is 24.3. The van der Waals surface area contributed by atoms with Crippen molar-refractivity contribution in [3.63, 3.8) is 0 Å². The lowest BCUT2D eigenvalue weighted by atomic mass is 9.97. The lowest BCUT2D eigenvalue weighted by Gasteiger charge is -2.07. The van der Waals surface area contributed by atoms with Crippen molar-refractivity contribution in [2.75, 3.05) is 0 Å². The molecule has 4 heterocycles. The second kappa shape index (κ2) is 9.47. The van der Waals surface area contributed by atoms with Crippen molar-refractivity contribution in [1.29, 1.82) is 0 Å². The van der Waals surface area contributed by atoms with E-state index in [-0.39, 0.29) is 0 Å². The van der Waals surface area contributed by atoms with Gasteiger partial charge in [-0.15, -0.1) is 45.3 Å². The molecule has 214 valence electrons. The lowest BCUT2D eigenvalue weighted by molar-refractivity contribution is 1.62. The summed E-state index contributed by atoms with van der Waals surface area (Å²) >= 11 is 7.62. The van der Waals surface area contributed by atoms with Crippen molar-refractivity contribution >= 4 is 126 Å². The molecule has 4 aromatic heterocycles. The fourth-order valence-electron chi connectivity index (χ4n) is 7.28. The van der Waals surface area contributed by atoms with Gasteiger partial charge in [-0.1, -0.05) is 72.8 Å². The third-order valence-corrected chi connectivity index (χ3v) is 14.1. The van der Waals surface area contributed by atoms with Crippen LogP contribution in [0.25, 0.3) is 103 Å². The van der Waals surface area contributed by atoms with E-state index in [1.165, 1.54) is 103 Å². The SMILES string of the molecule is c1cc(-c2ccc3sc4cc5sc6ccccc6c5cc4c3c2)cc(-c2ccc3sc4c(ccc5sc6ccccc6c54)c3c2)c1. The van der Waals surface area contributed by atoms with Crippen LogP contribution in [-0.2, 0) is 0 Å². The van der Waals surface area contributed by atoms with Gasteiger partial charge in [0.15, 0.2) is 0 Å². The molecule has 46 heavy (non-hydrogen) atoms. The Kier molecular flexibility index (Phi) is 5.27. The van der Waals surface area contributed by atoms with Crippen LogP contribution >= 0.6 is 45.3 Å². The highest BCUT2D eigenvalue weighted by atomic mass is 32.1. The minimum absolute atomic E-state index is 1.25. The Morgan fingerprint density at radius 1 is 0.261 bits per heavy atom. The van der Waals surface area contributed by atoms with Gasteiger partial charge in [0.05, 0.1) is 0 Å². The Labute approximate surface area is 280 Å². The van der Waals surface area contributed by atoms with Crippen LogP contribution in [0.5, 0.6) is 0 Å². The van der Waals surface area contributed by atoms with Gasteiger partial charge in [0, 0.05) is 80.7 Å². The average molecular weight is 655 g/mol. The molecule has 0 N–H and O–H groups in total. The first-order chi connectivity index (χ1) is 22.7. The van der Waals surface area contributed by atoms with E-state index < -0.39 is 0 Å². The molecule has 0 saturated carbocycles. The van der Waals surface area contributed by atoms with Crippen LogP contribution < -0.4 is 0 Å². The zero-order chi connectivity index (χ0) is 29.9. The van der Waals surface area contributed by atoms with Crippen LogP contribution in [0.4, 0.5) is 0 Å². The molecule has 0 bridgehead atoms. The molecule has 0 amide bonds. The molecule has 0 unspecified atom stereocenters. The fraction of sp³-hybridized carbons (Fsp3) is 0. The number of benzene rings is 7. The van der Waals surface area contributed by atoms with E-state index in [1.54, 1.807) is 0 Å². The largest absolute Gasteiger partial charge is 0.135 e. The fourth-order valence-corrected chi connectivity index (χ4v) is 12.0. The Bertz CT molecular complexity index is 3000. The summed E-state index contributed by atoms with van der Waals surface area (Å²) in [6.45, 7) is 0. The predicted molar refractivity (Wildman–Crippen MR) is 209 cm³/mol. The van der Waals surface area contributed by atoms with E-state index in [4.69, 9.17) is 0 Å². The maximum Gasteiger partial charge on any atom is 0.0448 e. The monoisotopic (exact) mass is 654 g/mol. The van der Waals surface area contributed by atoms with Gasteiger partial charge in [-0.25, -0.2) is 0 Å². The smallest absolute Gasteiger partial charge is 0.0448 e. The summed E-state index contributed by atoms with van der Waals surface area (Å²) in [4.78, 5) is 0. The predicted octanol–water partition coefficient (Wildman–Crippen LogP) is 14.5. The maximum absolute atomic E-state index is 2.43. The van der Waals surface area contributed by atoms with Gasteiger partial charge >= 0.3 is 0 Å². The Hall–Kier alpha value is -4.58. The summed E-state index contributed by atoms with van der Waals surface area (Å²) in [6.07, 6.45) is 0. The van der Waals surface area contributed by atoms with Crippen LogP contribution in [0, 0.1) is 0 Å². The quantitative estimate of drug-likeness (QED) is 0.174. The van der Waals surface area contributed by atoms with Crippen molar-refractivity contribution in [2.24, 2.45) is 0 Å². The van der Waals surface area contributed by atoms with Gasteiger partial charge in [-0.3, -0.25) is 0 Å². The van der Waals surface area contributed by atoms with Crippen molar-refractivity contribution < 1.29 is 0 Å². The first-order valence-electron chi connectivity index (χ1n) is 15.4. The zero-order valence-corrected chi connectivity index (χ0v) is 27.6. The molecular formula is C42H22S4. The molecule has 0 fully saturated rings. The second-order valence-electron chi connectivity index (χ2n) is 12.1. The summed E-state index contributed by atoms with van der Waals surface area (Å²) in [5.74, 6) is 0. The second-order valence-corrected chi connectivity index (χ2v) is 16.4. The van der Waals surface area contributed by atoms with Crippen LogP contribution in [-0.4, -0.2) is 0 Å². The topological polar surface area (TPSA) is 0 Å². The molecule has 0 aliphatic carbocycles. The molecule has 0 radical (unpaired) electrons. The van der Waals surface area contributed by atoms with E-state index in [1.807, 2.05) is 45.3 Å². The van der Waals surface area contributed by atoms with E-state index >= 15 is 0 Å². The van der Waals surface area contributed by atoms with Gasteiger partial charge < -0.3 is 0 Å². The molecule has 0 aliphatic rings. The summed E-state index contributed by atoms with van der Waals surface area (Å²) in [5.41, 5.74) is 5.03. The molecule has 0 spiro atoms. The summed E-state index contributed by atoms with van der Waals surface area (Å²) in [5, 5.41) is 10.9. The highest BCUT2D eigenvalue weighted by molar-refractivity contribution is 7.30. The van der Waals surface area contributed by atoms with Crippen molar-refractivity contribution in [3.8, 4) is 22.3 Å². The summed E-state index contributed by atoms with van der Waals surface area (Å²) in [6, 6.07) is 50.2. The van der Waals surface area contributed by atoms with E-state index in [9.17, 15) is 0 Å². The number of fused-ring (bicyclic) bond motifs is 13. The summed E-state index contributed by atoms with van der Waals surface area (Å²) in [7, 11) is 0. The normalized spacial score (nSPS) is 12.3. The molecule has 0 saturated heterocycles. The molecule has 11 rings (SSSR count). The van der Waals surface area contributed by atoms with Crippen LogP contribution in [0.15, 0.2) is 133 Å². The average Bonchev–Trinajstić information content (AvgIpc) is 3.86. The molecule has 11 aromatic rings. The third-order valence-electron chi connectivity index (χ3n) is 9.48. The number of hydrogen-bond acceptors (Lipinski definition) is 4. The van der Waals surface area contributed by atoms with Crippen LogP contribution in [0.2, 0.25) is 0 Å². The van der Waals surface area contributed by atoms with Gasteiger partial charge in [0.2, 0.25) is 0 Å².